The Morgan fingerprint density at radius 2 is 2.00 bits per heavy atom. The van der Waals surface area contributed by atoms with Crippen molar-refractivity contribution in [3.8, 4) is 0 Å². The minimum Gasteiger partial charge on any atom is -0.478 e. The van der Waals surface area contributed by atoms with E-state index in [9.17, 15) is 4.79 Å². The number of carbonyl (C=O) groups is 1. The van der Waals surface area contributed by atoms with Gasteiger partial charge in [0, 0.05) is 40.1 Å². The van der Waals surface area contributed by atoms with Crippen LogP contribution in [0.4, 0.5) is 5.82 Å². The Hall–Kier alpha value is -1.66. The predicted molar refractivity (Wildman–Crippen MR) is 76.5 cm³/mol. The molecule has 0 atom stereocenters. The van der Waals surface area contributed by atoms with Crippen LogP contribution in [0.5, 0.6) is 0 Å². The zero-order valence-electron chi connectivity index (χ0n) is 12.3. The molecular weight excluding hydrogens is 260 g/mol. The maximum absolute atomic E-state index is 10.9. The van der Waals surface area contributed by atoms with Crippen molar-refractivity contribution in [1.82, 2.24) is 4.98 Å². The Kier molecular flexibility index (Phi) is 6.97. The van der Waals surface area contributed by atoms with Gasteiger partial charge in [-0.3, -0.25) is 0 Å². The van der Waals surface area contributed by atoms with Crippen LogP contribution in [0.25, 0.3) is 0 Å². The Labute approximate surface area is 119 Å². The Bertz CT molecular complexity index is 437. The molecule has 0 radical (unpaired) electrons. The van der Waals surface area contributed by atoms with E-state index in [1.165, 1.54) is 6.20 Å². The van der Waals surface area contributed by atoms with Crippen molar-refractivity contribution in [1.29, 1.82) is 0 Å². The van der Waals surface area contributed by atoms with Crippen LogP contribution >= 0.6 is 0 Å². The Morgan fingerprint density at radius 1 is 1.30 bits per heavy atom. The maximum Gasteiger partial charge on any atom is 0.337 e. The molecule has 0 amide bonds. The van der Waals surface area contributed by atoms with Crippen LogP contribution in [0.2, 0.25) is 0 Å². The van der Waals surface area contributed by atoms with Crippen LogP contribution < -0.4 is 4.90 Å². The van der Waals surface area contributed by atoms with Gasteiger partial charge in [-0.1, -0.05) is 0 Å². The molecule has 0 spiro atoms. The Balaban J connectivity index is 2.85. The van der Waals surface area contributed by atoms with Crippen molar-refractivity contribution < 1.29 is 19.4 Å². The number of rotatable bonds is 9. The zero-order chi connectivity index (χ0) is 15.0. The van der Waals surface area contributed by atoms with Crippen molar-refractivity contribution in [2.75, 3.05) is 45.4 Å². The van der Waals surface area contributed by atoms with Gasteiger partial charge in [-0.15, -0.1) is 0 Å². The van der Waals surface area contributed by atoms with Crippen LogP contribution in [0.3, 0.4) is 0 Å². The van der Waals surface area contributed by atoms with E-state index in [4.69, 9.17) is 14.6 Å². The van der Waals surface area contributed by atoms with E-state index in [-0.39, 0.29) is 5.56 Å². The molecule has 20 heavy (non-hydrogen) atoms. The lowest BCUT2D eigenvalue weighted by Crippen LogP contribution is -2.30. The van der Waals surface area contributed by atoms with Crippen molar-refractivity contribution >= 4 is 11.8 Å². The number of hydrogen-bond donors (Lipinski definition) is 1. The van der Waals surface area contributed by atoms with E-state index in [1.54, 1.807) is 20.3 Å². The summed E-state index contributed by atoms with van der Waals surface area (Å²) in [5.74, 6) is -0.168. The Morgan fingerprint density at radius 3 is 2.55 bits per heavy atom. The van der Waals surface area contributed by atoms with Crippen molar-refractivity contribution in [3.63, 3.8) is 0 Å². The van der Waals surface area contributed by atoms with Gasteiger partial charge in [-0.25, -0.2) is 9.78 Å². The maximum atomic E-state index is 10.9. The zero-order valence-corrected chi connectivity index (χ0v) is 12.3. The summed E-state index contributed by atoms with van der Waals surface area (Å²) >= 11 is 0. The summed E-state index contributed by atoms with van der Waals surface area (Å²) in [5.41, 5.74) is 1.05. The molecule has 1 rings (SSSR count). The molecule has 112 valence electrons. The van der Waals surface area contributed by atoms with Gasteiger partial charge in [-0.2, -0.15) is 0 Å². The lowest BCUT2D eigenvalue weighted by Gasteiger charge is -2.25. The van der Waals surface area contributed by atoms with E-state index in [2.05, 4.69) is 9.88 Å². The highest BCUT2D eigenvalue weighted by Gasteiger charge is 2.13. The van der Waals surface area contributed by atoms with Gasteiger partial charge in [0.25, 0.3) is 0 Å². The number of nitrogens with zero attached hydrogens (tertiary/aromatic N) is 2. The first-order chi connectivity index (χ1) is 9.60. The summed E-state index contributed by atoms with van der Waals surface area (Å²) in [7, 11) is 3.33. The summed E-state index contributed by atoms with van der Waals surface area (Å²) in [6.45, 7) is 4.63. The number of aryl methyl sites for hydroxylation is 1. The molecule has 6 nitrogen and oxygen atoms in total. The van der Waals surface area contributed by atoms with E-state index in [1.807, 2.05) is 6.92 Å². The number of carboxylic acids is 1. The molecule has 0 saturated carbocycles. The second kappa shape index (κ2) is 8.50. The van der Waals surface area contributed by atoms with Crippen molar-refractivity contribution in [3.05, 3.63) is 23.4 Å². The summed E-state index contributed by atoms with van der Waals surface area (Å²) in [5, 5.41) is 8.96. The van der Waals surface area contributed by atoms with Gasteiger partial charge in [0.2, 0.25) is 0 Å². The molecule has 1 heterocycles. The number of ether oxygens (including phenoxy) is 2. The SMILES string of the molecule is COCCCN(CCOC)c1ncc(C(=O)O)cc1C. The normalized spacial score (nSPS) is 10.6. The molecule has 0 aliphatic carbocycles. The van der Waals surface area contributed by atoms with Gasteiger partial charge in [0.15, 0.2) is 0 Å². The third-order valence-corrected chi connectivity index (χ3v) is 2.94. The van der Waals surface area contributed by atoms with Gasteiger partial charge < -0.3 is 19.5 Å². The van der Waals surface area contributed by atoms with Crippen LogP contribution in [-0.2, 0) is 9.47 Å². The highest BCUT2D eigenvalue weighted by atomic mass is 16.5. The lowest BCUT2D eigenvalue weighted by molar-refractivity contribution is 0.0696. The lowest BCUT2D eigenvalue weighted by atomic mass is 10.2. The molecule has 1 aromatic heterocycles. The van der Waals surface area contributed by atoms with Crippen molar-refractivity contribution in [2.24, 2.45) is 0 Å². The van der Waals surface area contributed by atoms with E-state index in [0.29, 0.717) is 19.8 Å². The topological polar surface area (TPSA) is 71.9 Å². The number of anilines is 1. The highest BCUT2D eigenvalue weighted by Crippen LogP contribution is 2.18. The molecule has 6 heteroatoms. The third-order valence-electron chi connectivity index (χ3n) is 2.94. The van der Waals surface area contributed by atoms with Crippen molar-refractivity contribution in [2.45, 2.75) is 13.3 Å². The summed E-state index contributed by atoms with van der Waals surface area (Å²) in [6, 6.07) is 1.64. The molecule has 0 fully saturated rings. The largest absolute Gasteiger partial charge is 0.478 e. The average Bonchev–Trinajstić information content (AvgIpc) is 2.43. The third kappa shape index (κ3) is 4.79. The second-order valence-corrected chi connectivity index (χ2v) is 4.50. The first kappa shape index (κ1) is 16.4. The van der Waals surface area contributed by atoms with E-state index < -0.39 is 5.97 Å². The summed E-state index contributed by atoms with van der Waals surface area (Å²) < 4.78 is 10.2. The quantitative estimate of drug-likeness (QED) is 0.693. The monoisotopic (exact) mass is 282 g/mol. The molecule has 0 aliphatic heterocycles. The first-order valence-electron chi connectivity index (χ1n) is 6.53. The fourth-order valence-electron chi connectivity index (χ4n) is 1.94. The first-order valence-corrected chi connectivity index (χ1v) is 6.53. The van der Waals surface area contributed by atoms with Crippen LogP contribution in [0.1, 0.15) is 22.3 Å². The number of carboxylic acid groups (broad SMARTS) is 1. The van der Waals surface area contributed by atoms with Crippen LogP contribution in [0.15, 0.2) is 12.3 Å². The van der Waals surface area contributed by atoms with Gasteiger partial charge in [0.1, 0.15) is 5.82 Å². The van der Waals surface area contributed by atoms with Gasteiger partial charge in [-0.05, 0) is 25.0 Å². The van der Waals surface area contributed by atoms with Gasteiger partial charge in [0.05, 0.1) is 12.2 Å². The molecule has 1 N–H and O–H groups in total. The molecule has 0 unspecified atom stereocenters. The fraction of sp³-hybridized carbons (Fsp3) is 0.571. The standard InChI is InChI=1S/C14H22N2O4/c1-11-9-12(14(17)18)10-15-13(11)16(6-8-20-3)5-4-7-19-2/h9-10H,4-8H2,1-3H3,(H,17,18). The minimum atomic E-state index is -0.963. The van der Waals surface area contributed by atoms with Crippen LogP contribution in [-0.4, -0.2) is 56.6 Å². The predicted octanol–water partition coefficient (Wildman–Crippen LogP) is 1.58. The fourth-order valence-corrected chi connectivity index (χ4v) is 1.94. The number of hydrogen-bond acceptors (Lipinski definition) is 5. The molecule has 0 aromatic carbocycles. The number of aromatic carboxylic acids is 1. The molecule has 1 aromatic rings. The summed E-state index contributed by atoms with van der Waals surface area (Å²) in [4.78, 5) is 17.3. The molecule has 0 bridgehead atoms. The highest BCUT2D eigenvalue weighted by molar-refractivity contribution is 5.87. The molecule has 0 saturated heterocycles. The molecular formula is C14H22N2O4. The van der Waals surface area contributed by atoms with Gasteiger partial charge >= 0.3 is 5.97 Å². The number of aromatic nitrogens is 1. The minimum absolute atomic E-state index is 0.204. The van der Waals surface area contributed by atoms with E-state index in [0.717, 1.165) is 24.3 Å². The average molecular weight is 282 g/mol. The van der Waals surface area contributed by atoms with E-state index >= 15 is 0 Å². The smallest absolute Gasteiger partial charge is 0.337 e. The molecule has 0 aliphatic rings. The number of methoxy groups -OCH3 is 2. The second-order valence-electron chi connectivity index (χ2n) is 4.50. The number of pyridine rings is 1. The summed E-state index contributed by atoms with van der Waals surface area (Å²) in [6.07, 6.45) is 2.27. The van der Waals surface area contributed by atoms with Crippen LogP contribution in [0, 0.1) is 6.92 Å².